The van der Waals surface area contributed by atoms with Crippen LogP contribution in [0, 0.1) is 11.8 Å². The average Bonchev–Trinajstić information content (AvgIpc) is 3.21. The molecule has 4 rings (SSSR count). The largest absolute Gasteiger partial charge is 0.470 e. The summed E-state index contributed by atoms with van der Waals surface area (Å²) in [6.45, 7) is 12.0. The zero-order valence-corrected chi connectivity index (χ0v) is 18.4. The molecule has 0 aromatic carbocycles. The first-order valence-corrected chi connectivity index (χ1v) is 10.9. The molecule has 2 atom stereocenters. The molecule has 2 aliphatic heterocycles. The highest BCUT2D eigenvalue weighted by Crippen LogP contribution is 2.31. The molecule has 0 amide bonds. The molecule has 0 bridgehead atoms. The van der Waals surface area contributed by atoms with Crippen LogP contribution >= 0.6 is 0 Å². The Balaban J connectivity index is 0.000000806. The van der Waals surface area contributed by atoms with Crippen molar-refractivity contribution in [1.82, 2.24) is 20.1 Å². The summed E-state index contributed by atoms with van der Waals surface area (Å²) in [5, 5.41) is 11.3. The van der Waals surface area contributed by atoms with Crippen LogP contribution in [0.15, 0.2) is 37.3 Å². The molecular formula is C23H35N5O2. The van der Waals surface area contributed by atoms with E-state index in [1.165, 1.54) is 12.8 Å². The number of allylic oxidation sites excluding steroid dienone is 1. The second-order valence-electron chi connectivity index (χ2n) is 8.09. The predicted molar refractivity (Wildman–Crippen MR) is 121 cm³/mol. The lowest BCUT2D eigenvalue weighted by atomic mass is 9.87. The van der Waals surface area contributed by atoms with E-state index in [1.807, 2.05) is 32.6 Å². The smallest absolute Gasteiger partial charge is 0.237 e. The highest BCUT2D eigenvalue weighted by Gasteiger charge is 2.23. The van der Waals surface area contributed by atoms with Gasteiger partial charge in [-0.2, -0.15) is 5.10 Å². The summed E-state index contributed by atoms with van der Waals surface area (Å²) in [6.07, 6.45) is 9.89. The average molecular weight is 414 g/mol. The Morgan fingerprint density at radius 3 is 2.80 bits per heavy atom. The predicted octanol–water partition coefficient (Wildman–Crippen LogP) is 3.50. The van der Waals surface area contributed by atoms with Gasteiger partial charge >= 0.3 is 0 Å². The van der Waals surface area contributed by atoms with E-state index in [0.717, 1.165) is 55.6 Å². The maximum atomic E-state index is 6.08. The molecule has 2 unspecified atom stereocenters. The number of hydrogen-bond acceptors (Lipinski definition) is 6. The van der Waals surface area contributed by atoms with Gasteiger partial charge in [-0.15, -0.1) is 6.58 Å². The molecule has 2 aromatic heterocycles. The number of nitrogens with one attached hydrogen (secondary N) is 2. The molecule has 2 aliphatic rings. The fourth-order valence-corrected chi connectivity index (χ4v) is 3.86. The van der Waals surface area contributed by atoms with E-state index in [1.54, 1.807) is 10.8 Å². The van der Waals surface area contributed by atoms with Gasteiger partial charge in [-0.3, -0.25) is 4.68 Å². The zero-order chi connectivity index (χ0) is 21.3. The second kappa shape index (κ2) is 11.1. The summed E-state index contributed by atoms with van der Waals surface area (Å²) in [7, 11) is 1.91. The summed E-state index contributed by atoms with van der Waals surface area (Å²) >= 11 is 0. The molecule has 0 saturated carbocycles. The van der Waals surface area contributed by atoms with Gasteiger partial charge in [0.15, 0.2) is 0 Å². The summed E-state index contributed by atoms with van der Waals surface area (Å²) in [5.41, 5.74) is 3.04. The minimum absolute atomic E-state index is 0.0936. The first kappa shape index (κ1) is 22.3. The lowest BCUT2D eigenvalue weighted by molar-refractivity contribution is 0.0490. The molecule has 0 spiro atoms. The highest BCUT2D eigenvalue weighted by molar-refractivity contribution is 5.69. The number of hydrogen-bond donors (Lipinski definition) is 2. The topological polar surface area (TPSA) is 73.2 Å². The quantitative estimate of drug-likeness (QED) is 0.706. The number of fused-ring (bicyclic) bond motifs is 1. The number of nitrogens with zero attached hydrogens (tertiary/aromatic N) is 3. The van der Waals surface area contributed by atoms with E-state index in [9.17, 15) is 0 Å². The van der Waals surface area contributed by atoms with Crippen molar-refractivity contribution in [3.8, 4) is 17.0 Å². The van der Waals surface area contributed by atoms with Gasteiger partial charge in [0.1, 0.15) is 6.10 Å². The highest BCUT2D eigenvalue weighted by atomic mass is 16.5. The van der Waals surface area contributed by atoms with E-state index < -0.39 is 0 Å². The van der Waals surface area contributed by atoms with Gasteiger partial charge in [0.05, 0.1) is 18.4 Å². The van der Waals surface area contributed by atoms with Crippen LogP contribution in [0.2, 0.25) is 0 Å². The fourth-order valence-electron chi connectivity index (χ4n) is 3.86. The van der Waals surface area contributed by atoms with Crippen LogP contribution in [0.4, 0.5) is 5.69 Å². The molecule has 7 heteroatoms. The van der Waals surface area contributed by atoms with E-state index in [0.29, 0.717) is 11.8 Å². The van der Waals surface area contributed by atoms with Gasteiger partial charge in [0.2, 0.25) is 5.88 Å². The van der Waals surface area contributed by atoms with Crippen molar-refractivity contribution >= 4 is 5.69 Å². The van der Waals surface area contributed by atoms with E-state index in [4.69, 9.17) is 9.47 Å². The van der Waals surface area contributed by atoms with Crippen LogP contribution in [0.1, 0.15) is 26.7 Å². The monoisotopic (exact) mass is 413 g/mol. The SMILES string of the molecule is C=CC.CC(CNCC1CNc2cc(-c3cnn(C)c3)cnc2O1)C1CCOCC1. The van der Waals surface area contributed by atoms with Crippen LogP contribution < -0.4 is 15.4 Å². The van der Waals surface area contributed by atoms with Crippen molar-refractivity contribution < 1.29 is 9.47 Å². The van der Waals surface area contributed by atoms with Crippen molar-refractivity contribution in [2.45, 2.75) is 32.8 Å². The lowest BCUT2D eigenvalue weighted by Crippen LogP contribution is -2.41. The van der Waals surface area contributed by atoms with Crippen molar-refractivity contribution in [2.75, 3.05) is 38.2 Å². The van der Waals surface area contributed by atoms with Gasteiger partial charge in [0, 0.05) is 50.3 Å². The summed E-state index contributed by atoms with van der Waals surface area (Å²) < 4.78 is 13.3. The Hall–Kier alpha value is -2.38. The molecule has 0 aliphatic carbocycles. The molecular weight excluding hydrogens is 378 g/mol. The van der Waals surface area contributed by atoms with Crippen molar-refractivity contribution in [2.24, 2.45) is 18.9 Å². The van der Waals surface area contributed by atoms with Crippen LogP contribution in [0.25, 0.3) is 11.1 Å². The van der Waals surface area contributed by atoms with Crippen molar-refractivity contribution in [3.05, 3.63) is 37.3 Å². The molecule has 1 fully saturated rings. The summed E-state index contributed by atoms with van der Waals surface area (Å²) in [6, 6.07) is 2.08. The molecule has 0 radical (unpaired) electrons. The maximum absolute atomic E-state index is 6.08. The number of anilines is 1. The molecule has 2 N–H and O–H groups in total. The number of ether oxygens (including phenoxy) is 2. The summed E-state index contributed by atoms with van der Waals surface area (Å²) in [4.78, 5) is 4.51. The molecule has 7 nitrogen and oxygen atoms in total. The van der Waals surface area contributed by atoms with E-state index >= 15 is 0 Å². The number of rotatable bonds is 6. The Morgan fingerprint density at radius 2 is 2.10 bits per heavy atom. The van der Waals surface area contributed by atoms with Crippen LogP contribution in [0.3, 0.4) is 0 Å². The first-order valence-electron chi connectivity index (χ1n) is 10.9. The normalized spacial score (nSPS) is 19.5. The fraction of sp³-hybridized carbons (Fsp3) is 0.565. The van der Waals surface area contributed by atoms with Crippen molar-refractivity contribution in [3.63, 3.8) is 0 Å². The molecule has 164 valence electrons. The second-order valence-corrected chi connectivity index (χ2v) is 8.09. The van der Waals surface area contributed by atoms with Gasteiger partial charge in [0.25, 0.3) is 0 Å². The summed E-state index contributed by atoms with van der Waals surface area (Å²) in [5.74, 6) is 2.11. The molecule has 2 aromatic rings. The standard InChI is InChI=1S/C20H29N5O2.C3H6/c1-14(15-3-5-26-6-4-15)8-21-11-18-12-22-19-7-16(9-23-20(19)27-18)17-10-24-25(2)13-17;1-3-2/h7,9-10,13-15,18,21-22H,3-6,8,11-12H2,1-2H3;3H,1H2,2H3. The maximum Gasteiger partial charge on any atom is 0.237 e. The van der Waals surface area contributed by atoms with Crippen molar-refractivity contribution in [1.29, 1.82) is 0 Å². The molecule has 30 heavy (non-hydrogen) atoms. The van der Waals surface area contributed by atoms with Gasteiger partial charge < -0.3 is 20.1 Å². The van der Waals surface area contributed by atoms with Gasteiger partial charge in [-0.25, -0.2) is 4.98 Å². The Bertz CT molecular complexity index is 801. The first-order chi connectivity index (χ1) is 14.6. The third-order valence-electron chi connectivity index (χ3n) is 5.60. The molecule has 4 heterocycles. The minimum Gasteiger partial charge on any atom is -0.470 e. The Labute approximate surface area is 179 Å². The van der Waals surface area contributed by atoms with E-state index in [-0.39, 0.29) is 6.10 Å². The number of aromatic nitrogens is 3. The third-order valence-corrected chi connectivity index (χ3v) is 5.60. The van der Waals surface area contributed by atoms with Crippen LogP contribution in [-0.4, -0.2) is 53.7 Å². The van der Waals surface area contributed by atoms with Gasteiger partial charge in [-0.05, 0) is 44.2 Å². The van der Waals surface area contributed by atoms with Crippen LogP contribution in [0.5, 0.6) is 5.88 Å². The number of aryl methyl sites for hydroxylation is 1. The Morgan fingerprint density at radius 1 is 1.33 bits per heavy atom. The minimum atomic E-state index is 0.0936. The third kappa shape index (κ3) is 6.06. The molecule has 1 saturated heterocycles. The van der Waals surface area contributed by atoms with Crippen LogP contribution in [-0.2, 0) is 11.8 Å². The zero-order valence-electron chi connectivity index (χ0n) is 18.4. The number of pyridine rings is 1. The van der Waals surface area contributed by atoms with E-state index in [2.05, 4.69) is 40.3 Å². The Kier molecular flexibility index (Phi) is 8.28. The van der Waals surface area contributed by atoms with Gasteiger partial charge in [-0.1, -0.05) is 13.0 Å². The lowest BCUT2D eigenvalue weighted by Gasteiger charge is -2.30.